The van der Waals surface area contributed by atoms with E-state index in [-0.39, 0.29) is 0 Å². The van der Waals surface area contributed by atoms with Crippen LogP contribution in [0.4, 0.5) is 5.69 Å². The van der Waals surface area contributed by atoms with Gasteiger partial charge in [0.05, 0.1) is 5.69 Å². The summed E-state index contributed by atoms with van der Waals surface area (Å²) < 4.78 is 0. The largest absolute Gasteiger partial charge is 0.396 e. The maximum absolute atomic E-state index is 5.64. The van der Waals surface area contributed by atoms with Crippen molar-refractivity contribution < 1.29 is 0 Å². The Morgan fingerprint density at radius 1 is 1.54 bits per heavy atom. The lowest BCUT2D eigenvalue weighted by atomic mass is 10.2. The van der Waals surface area contributed by atoms with Crippen LogP contribution in [0, 0.1) is 11.8 Å². The van der Waals surface area contributed by atoms with E-state index in [4.69, 9.17) is 28.9 Å². The first-order valence-electron chi connectivity index (χ1n) is 3.70. The molecule has 13 heavy (non-hydrogen) atoms. The highest BCUT2D eigenvalue weighted by molar-refractivity contribution is 6.31. The molecule has 0 aliphatic rings. The molecule has 0 aliphatic carbocycles. The number of halogens is 2. The fourth-order valence-corrected chi connectivity index (χ4v) is 0.943. The number of nitrogens with two attached hydrogens (primary N) is 1. The molecule has 0 saturated carbocycles. The van der Waals surface area contributed by atoms with Gasteiger partial charge in [0.25, 0.3) is 0 Å². The van der Waals surface area contributed by atoms with Crippen LogP contribution in [0.5, 0.6) is 0 Å². The molecule has 2 N–H and O–H groups in total. The highest BCUT2D eigenvalue weighted by Gasteiger charge is 1.96. The average Bonchev–Trinajstić information content (AvgIpc) is 2.12. The Kier molecular flexibility index (Phi) is 3.88. The minimum absolute atomic E-state index is 0.308. The van der Waals surface area contributed by atoms with Crippen LogP contribution in [-0.2, 0) is 0 Å². The van der Waals surface area contributed by atoms with Gasteiger partial charge in [0.2, 0.25) is 0 Å². The van der Waals surface area contributed by atoms with E-state index >= 15 is 0 Å². The summed E-state index contributed by atoms with van der Waals surface area (Å²) in [5.41, 5.74) is 6.74. The number of nitrogen functional groups attached to an aromatic ring is 1. The van der Waals surface area contributed by atoms with E-state index in [0.29, 0.717) is 23.1 Å². The summed E-state index contributed by atoms with van der Waals surface area (Å²) in [4.78, 5) is 3.86. The second-order valence-electron chi connectivity index (χ2n) is 2.34. The summed E-state index contributed by atoms with van der Waals surface area (Å²) >= 11 is 11.1. The molecule has 0 bridgehead atoms. The first-order valence-corrected chi connectivity index (χ1v) is 4.61. The molecule has 0 unspecified atom stereocenters. The maximum Gasteiger partial charge on any atom is 0.151 e. The minimum atomic E-state index is 0.308. The van der Waals surface area contributed by atoms with E-state index in [1.54, 1.807) is 12.3 Å². The number of aromatic nitrogens is 1. The van der Waals surface area contributed by atoms with Gasteiger partial charge < -0.3 is 5.73 Å². The Balaban J connectivity index is 2.81. The highest BCUT2D eigenvalue weighted by atomic mass is 35.5. The van der Waals surface area contributed by atoms with Gasteiger partial charge in [-0.2, -0.15) is 0 Å². The van der Waals surface area contributed by atoms with E-state index in [9.17, 15) is 0 Å². The summed E-state index contributed by atoms with van der Waals surface area (Å²) in [6, 6.07) is 1.69. The van der Waals surface area contributed by atoms with Crippen molar-refractivity contribution in [3.8, 4) is 11.8 Å². The third-order valence-electron chi connectivity index (χ3n) is 1.32. The molecule has 0 atom stereocenters. The first kappa shape index (κ1) is 10.2. The summed E-state index contributed by atoms with van der Waals surface area (Å²) in [5.74, 6) is 6.29. The number of pyridine rings is 1. The van der Waals surface area contributed by atoms with Crippen molar-refractivity contribution >= 4 is 28.9 Å². The van der Waals surface area contributed by atoms with Gasteiger partial charge >= 0.3 is 0 Å². The van der Waals surface area contributed by atoms with Crippen LogP contribution in [0.15, 0.2) is 12.3 Å². The van der Waals surface area contributed by atoms with Crippen LogP contribution in [0.25, 0.3) is 0 Å². The van der Waals surface area contributed by atoms with E-state index in [2.05, 4.69) is 16.8 Å². The fraction of sp³-hybridized carbons (Fsp3) is 0.222. The van der Waals surface area contributed by atoms with Gasteiger partial charge in [-0.1, -0.05) is 23.4 Å². The summed E-state index contributed by atoms with van der Waals surface area (Å²) in [5, 5.41) is 0.308. The third-order valence-corrected chi connectivity index (χ3v) is 1.82. The smallest absolute Gasteiger partial charge is 0.151 e. The van der Waals surface area contributed by atoms with Crippen molar-refractivity contribution in [3.63, 3.8) is 0 Å². The molecule has 1 aromatic heterocycles. The number of anilines is 1. The Bertz CT molecular complexity index is 352. The number of hydrogen-bond donors (Lipinski definition) is 1. The first-order chi connectivity index (χ1) is 6.24. The second-order valence-corrected chi connectivity index (χ2v) is 3.08. The molecule has 2 nitrogen and oxygen atoms in total. The highest BCUT2D eigenvalue weighted by Crippen LogP contribution is 2.15. The van der Waals surface area contributed by atoms with Crippen molar-refractivity contribution in [1.29, 1.82) is 0 Å². The predicted molar refractivity (Wildman–Crippen MR) is 55.9 cm³/mol. The second kappa shape index (κ2) is 4.96. The van der Waals surface area contributed by atoms with Crippen LogP contribution >= 0.6 is 23.2 Å². The average molecular weight is 215 g/mol. The van der Waals surface area contributed by atoms with Gasteiger partial charge in [0.1, 0.15) is 0 Å². The van der Waals surface area contributed by atoms with Gasteiger partial charge in [-0.3, -0.25) is 0 Å². The van der Waals surface area contributed by atoms with Crippen molar-refractivity contribution in [1.82, 2.24) is 4.98 Å². The Hall–Kier alpha value is -0.910. The van der Waals surface area contributed by atoms with Crippen molar-refractivity contribution in [2.24, 2.45) is 0 Å². The van der Waals surface area contributed by atoms with Crippen LogP contribution in [0.2, 0.25) is 5.15 Å². The molecule has 0 radical (unpaired) electrons. The fourth-order valence-electron chi connectivity index (χ4n) is 0.745. The molecule has 1 rings (SSSR count). The number of hydrogen-bond acceptors (Lipinski definition) is 2. The van der Waals surface area contributed by atoms with E-state index < -0.39 is 0 Å². The molecule has 0 saturated heterocycles. The van der Waals surface area contributed by atoms with Gasteiger partial charge in [0.15, 0.2) is 5.15 Å². The lowest BCUT2D eigenvalue weighted by Gasteiger charge is -1.95. The number of nitrogens with zero attached hydrogens (tertiary/aromatic N) is 1. The van der Waals surface area contributed by atoms with Crippen LogP contribution in [-0.4, -0.2) is 10.9 Å². The normalized spacial score (nSPS) is 9.08. The zero-order chi connectivity index (χ0) is 9.68. The number of rotatable bonds is 1. The van der Waals surface area contributed by atoms with Gasteiger partial charge in [-0.25, -0.2) is 4.98 Å². The predicted octanol–water partition coefficient (Wildman–Crippen LogP) is 2.30. The molecule has 0 spiro atoms. The SMILES string of the molecule is Nc1cc(C#CCCCl)cnc1Cl. The molecule has 0 amide bonds. The van der Waals surface area contributed by atoms with Crippen molar-refractivity contribution in [2.45, 2.75) is 6.42 Å². The molecule has 4 heteroatoms. The quantitative estimate of drug-likeness (QED) is 0.443. The van der Waals surface area contributed by atoms with Crippen molar-refractivity contribution in [3.05, 3.63) is 23.0 Å². The lowest BCUT2D eigenvalue weighted by molar-refractivity contribution is 1.28. The molecule has 68 valence electrons. The zero-order valence-electron chi connectivity index (χ0n) is 6.85. The Labute approximate surface area is 87.1 Å². The third kappa shape index (κ3) is 3.14. The molecular formula is C9H8Cl2N2. The molecular weight excluding hydrogens is 207 g/mol. The Morgan fingerprint density at radius 3 is 2.92 bits per heavy atom. The molecule has 0 fully saturated rings. The summed E-state index contributed by atoms with van der Waals surface area (Å²) in [7, 11) is 0. The molecule has 1 heterocycles. The zero-order valence-corrected chi connectivity index (χ0v) is 8.36. The number of alkyl halides is 1. The topological polar surface area (TPSA) is 38.9 Å². The lowest BCUT2D eigenvalue weighted by Crippen LogP contribution is -1.90. The minimum Gasteiger partial charge on any atom is -0.396 e. The molecule has 0 aliphatic heterocycles. The van der Waals surface area contributed by atoms with Crippen LogP contribution < -0.4 is 5.73 Å². The van der Waals surface area contributed by atoms with E-state index in [0.717, 1.165) is 5.56 Å². The summed E-state index contributed by atoms with van der Waals surface area (Å²) in [6.07, 6.45) is 2.24. The van der Waals surface area contributed by atoms with Crippen LogP contribution in [0.3, 0.4) is 0 Å². The van der Waals surface area contributed by atoms with E-state index in [1.165, 1.54) is 0 Å². The van der Waals surface area contributed by atoms with E-state index in [1.807, 2.05) is 0 Å². The van der Waals surface area contributed by atoms with Crippen molar-refractivity contribution in [2.75, 3.05) is 11.6 Å². The standard InChI is InChI=1S/C9H8Cl2N2/c10-4-2-1-3-7-5-8(12)9(11)13-6-7/h5-6H,2,4,12H2. The van der Waals surface area contributed by atoms with Gasteiger partial charge in [-0.05, 0) is 6.07 Å². The van der Waals surface area contributed by atoms with Gasteiger partial charge in [0, 0.05) is 24.1 Å². The summed E-state index contributed by atoms with van der Waals surface area (Å²) in [6.45, 7) is 0. The molecule has 1 aromatic rings. The maximum atomic E-state index is 5.64. The monoisotopic (exact) mass is 214 g/mol. The molecule has 0 aromatic carbocycles. The Morgan fingerprint density at radius 2 is 2.31 bits per heavy atom. The van der Waals surface area contributed by atoms with Crippen LogP contribution in [0.1, 0.15) is 12.0 Å². The van der Waals surface area contributed by atoms with Gasteiger partial charge in [-0.15, -0.1) is 11.6 Å².